The third-order valence-corrected chi connectivity index (χ3v) is 4.32. The largest absolute Gasteiger partial charge is 0.618 e. The molecule has 0 aromatic heterocycles. The van der Waals surface area contributed by atoms with E-state index in [9.17, 15) is 5.21 Å². The van der Waals surface area contributed by atoms with Crippen LogP contribution in [-0.4, -0.2) is 18.0 Å². The summed E-state index contributed by atoms with van der Waals surface area (Å²) in [5, 5.41) is 14.5. The predicted octanol–water partition coefficient (Wildman–Crippen LogP) is 0.941. The summed E-state index contributed by atoms with van der Waals surface area (Å²) < 4.78 is 1.16. The number of piperidine rings is 1. The average Bonchev–Trinajstić information content (AvgIpc) is 2.73. The van der Waals surface area contributed by atoms with Gasteiger partial charge in [-0.3, -0.25) is 0 Å². The molecule has 18 heavy (non-hydrogen) atoms. The summed E-state index contributed by atoms with van der Waals surface area (Å²) in [7, 11) is 0. The quantitative estimate of drug-likeness (QED) is 0.499. The van der Waals surface area contributed by atoms with Gasteiger partial charge in [0.2, 0.25) is 11.1 Å². The first-order chi connectivity index (χ1) is 8.86. The highest BCUT2D eigenvalue weighted by Crippen LogP contribution is 2.33. The van der Waals surface area contributed by atoms with Gasteiger partial charge in [0.25, 0.3) is 0 Å². The smallest absolute Gasteiger partial charge is 0.240 e. The molecular weight excluding hydrogens is 224 g/mol. The van der Waals surface area contributed by atoms with Crippen molar-refractivity contribution in [2.24, 2.45) is 0 Å². The molecule has 3 heteroatoms. The molecule has 3 aliphatic heterocycles. The highest BCUT2D eigenvalue weighted by molar-refractivity contribution is 5.69. The molecule has 0 saturated carbocycles. The molecule has 3 nitrogen and oxygen atoms in total. The van der Waals surface area contributed by atoms with Crippen LogP contribution in [0.25, 0.3) is 5.57 Å². The van der Waals surface area contributed by atoms with Crippen LogP contribution in [0.2, 0.25) is 0 Å². The highest BCUT2D eigenvalue weighted by atomic mass is 16.5. The van der Waals surface area contributed by atoms with Gasteiger partial charge in [-0.1, -0.05) is 12.1 Å². The molecule has 1 aromatic rings. The fourth-order valence-electron chi connectivity index (χ4n) is 3.47. The number of allylic oxidation sites excluding steroid dienone is 2. The van der Waals surface area contributed by atoms with Crippen LogP contribution < -0.4 is 15.3 Å². The fraction of sp³-hybridized carbons (Fsp3) is 0.400. The van der Waals surface area contributed by atoms with Gasteiger partial charge in [0.15, 0.2) is 0 Å². The Balaban J connectivity index is 2.06. The van der Waals surface area contributed by atoms with Crippen LogP contribution in [0.5, 0.6) is 0 Å². The molecule has 0 N–H and O–H groups in total. The average molecular weight is 240 g/mol. The minimum atomic E-state index is 0.836. The van der Waals surface area contributed by atoms with Gasteiger partial charge in [0.1, 0.15) is 0 Å². The van der Waals surface area contributed by atoms with Crippen LogP contribution in [0.15, 0.2) is 35.7 Å². The van der Waals surface area contributed by atoms with E-state index in [1.54, 1.807) is 0 Å². The Kier molecular flexibility index (Phi) is 2.04. The van der Waals surface area contributed by atoms with Crippen molar-refractivity contribution >= 4 is 5.57 Å². The lowest BCUT2D eigenvalue weighted by Gasteiger charge is -2.35. The minimum Gasteiger partial charge on any atom is -0.618 e. The normalized spacial score (nSPS) is 21.9. The lowest BCUT2D eigenvalue weighted by atomic mass is 9.95. The van der Waals surface area contributed by atoms with E-state index in [1.807, 2.05) is 18.2 Å². The van der Waals surface area contributed by atoms with Gasteiger partial charge in [-0.15, -0.1) is 0 Å². The summed E-state index contributed by atoms with van der Waals surface area (Å²) in [5.74, 6) is 0. The van der Waals surface area contributed by atoms with Gasteiger partial charge < -0.3 is 10.1 Å². The number of hydrogen-bond donors (Lipinski definition) is 0. The summed E-state index contributed by atoms with van der Waals surface area (Å²) in [6.07, 6.45) is 4.55. The first-order valence-electron chi connectivity index (χ1n) is 6.77. The van der Waals surface area contributed by atoms with Crippen LogP contribution in [0, 0.1) is 5.21 Å². The molecule has 0 radical (unpaired) electrons. The number of hydroxylamine groups is 1. The fourth-order valence-corrected chi connectivity index (χ4v) is 3.47. The standard InChI is InChI=1S/C15H16N2O/c18-17-13-6-2-1-5-11(13)12-8-10-16-9-4-3-7-14(16)15(12)17/h1-2,5-6H,3-4,7-10H2. The molecule has 92 valence electrons. The van der Waals surface area contributed by atoms with E-state index in [4.69, 9.17) is 0 Å². The van der Waals surface area contributed by atoms with E-state index in [0.29, 0.717) is 0 Å². The maximum atomic E-state index is 12.5. The number of hydrogen-bond acceptors (Lipinski definition) is 2. The SMILES string of the molecule is [O-][N+]1=c2ccccc2=C2CCN3CCCCC3=C21. The molecule has 0 bridgehead atoms. The van der Waals surface area contributed by atoms with Crippen molar-refractivity contribution < 1.29 is 0 Å². The molecule has 0 atom stereocenters. The zero-order valence-electron chi connectivity index (χ0n) is 10.4. The lowest BCUT2D eigenvalue weighted by Crippen LogP contribution is -2.35. The van der Waals surface area contributed by atoms with Crippen LogP contribution in [0.1, 0.15) is 25.7 Å². The molecule has 0 aliphatic carbocycles. The number of benzene rings is 1. The molecule has 1 saturated heterocycles. The predicted molar refractivity (Wildman–Crippen MR) is 70.8 cm³/mol. The summed E-state index contributed by atoms with van der Waals surface area (Å²) >= 11 is 0. The Morgan fingerprint density at radius 3 is 2.89 bits per heavy atom. The number of para-hydroxylation sites is 1. The molecule has 0 amide bonds. The van der Waals surface area contributed by atoms with Crippen LogP contribution in [0.4, 0.5) is 0 Å². The first-order valence-corrected chi connectivity index (χ1v) is 6.77. The zero-order valence-corrected chi connectivity index (χ0v) is 10.4. The molecular formula is C15H16N2O. The Morgan fingerprint density at radius 1 is 1.06 bits per heavy atom. The lowest BCUT2D eigenvalue weighted by molar-refractivity contribution is 0.283. The summed E-state index contributed by atoms with van der Waals surface area (Å²) in [4.78, 5) is 2.42. The molecule has 1 fully saturated rings. The Labute approximate surface area is 106 Å². The summed E-state index contributed by atoms with van der Waals surface area (Å²) in [6.45, 7) is 2.20. The van der Waals surface area contributed by atoms with Crippen molar-refractivity contribution in [3.05, 3.63) is 51.4 Å². The molecule has 3 heterocycles. The zero-order chi connectivity index (χ0) is 12.1. The van der Waals surface area contributed by atoms with Crippen molar-refractivity contribution in [2.45, 2.75) is 25.7 Å². The van der Waals surface area contributed by atoms with Gasteiger partial charge in [-0.05, 0) is 31.7 Å². The van der Waals surface area contributed by atoms with E-state index >= 15 is 0 Å². The van der Waals surface area contributed by atoms with Crippen molar-refractivity contribution in [1.82, 2.24) is 9.64 Å². The van der Waals surface area contributed by atoms with E-state index in [2.05, 4.69) is 11.0 Å². The second-order valence-electron chi connectivity index (χ2n) is 5.28. The Morgan fingerprint density at radius 2 is 1.94 bits per heavy atom. The van der Waals surface area contributed by atoms with Crippen molar-refractivity contribution in [3.8, 4) is 0 Å². The van der Waals surface area contributed by atoms with E-state index in [0.717, 1.165) is 46.9 Å². The molecule has 4 rings (SSSR count). The molecule has 0 unspecified atom stereocenters. The van der Waals surface area contributed by atoms with Crippen molar-refractivity contribution in [2.75, 3.05) is 13.1 Å². The summed E-state index contributed by atoms with van der Waals surface area (Å²) in [6, 6.07) is 8.00. The molecule has 0 spiro atoms. The van der Waals surface area contributed by atoms with E-state index < -0.39 is 0 Å². The van der Waals surface area contributed by atoms with Gasteiger partial charge in [-0.2, -0.15) is 4.74 Å². The minimum absolute atomic E-state index is 0.836. The van der Waals surface area contributed by atoms with Crippen molar-refractivity contribution in [3.63, 3.8) is 0 Å². The Bertz CT molecular complexity index is 672. The molecule has 1 aromatic carbocycles. The van der Waals surface area contributed by atoms with Crippen LogP contribution >= 0.6 is 0 Å². The topological polar surface area (TPSA) is 29.3 Å². The van der Waals surface area contributed by atoms with Gasteiger partial charge in [0.05, 0.1) is 10.9 Å². The second-order valence-corrected chi connectivity index (χ2v) is 5.28. The van der Waals surface area contributed by atoms with E-state index in [-0.39, 0.29) is 0 Å². The summed E-state index contributed by atoms with van der Waals surface area (Å²) in [5.41, 5.74) is 3.52. The monoisotopic (exact) mass is 240 g/mol. The van der Waals surface area contributed by atoms with E-state index in [1.165, 1.54) is 24.1 Å². The van der Waals surface area contributed by atoms with Gasteiger partial charge >= 0.3 is 0 Å². The Hall–Kier alpha value is -1.77. The number of fused-ring (bicyclic) bond motifs is 3. The van der Waals surface area contributed by atoms with Crippen molar-refractivity contribution in [1.29, 1.82) is 0 Å². The third-order valence-electron chi connectivity index (χ3n) is 4.32. The number of rotatable bonds is 0. The maximum absolute atomic E-state index is 12.5. The van der Waals surface area contributed by atoms with Gasteiger partial charge in [0, 0.05) is 24.7 Å². The molecule has 3 aliphatic rings. The second kappa shape index (κ2) is 3.61. The van der Waals surface area contributed by atoms with Gasteiger partial charge in [-0.25, -0.2) is 0 Å². The number of nitrogens with zero attached hydrogens (tertiary/aromatic N) is 2. The maximum Gasteiger partial charge on any atom is 0.240 e. The van der Waals surface area contributed by atoms with Crippen LogP contribution in [0.3, 0.4) is 0 Å². The third kappa shape index (κ3) is 1.22. The van der Waals surface area contributed by atoms with Crippen LogP contribution in [-0.2, 0) is 0 Å². The first kappa shape index (κ1) is 10.2. The highest BCUT2D eigenvalue weighted by Gasteiger charge is 2.34.